The normalized spacial score (nSPS) is 16.6. The second-order valence-corrected chi connectivity index (χ2v) is 8.05. The van der Waals surface area contributed by atoms with Crippen LogP contribution in [0.15, 0.2) is 41.7 Å². The molecule has 0 unspecified atom stereocenters. The molecule has 180 valence electrons. The zero-order valence-corrected chi connectivity index (χ0v) is 19.0. The standard InChI is InChI=1S/C23H28N6O5/c1-32-21-17(23(31)34-28-19(24)14-29-9-11-33-12-10-29)3-2-4-18(21)26-16-7-8-25-20(13-16)27-22(30)15-5-6-15/h2-4,7-8,13,15H,5-6,9-12,14H2,1H3,(H2,24,28)(H2,25,26,27,30). The molecule has 34 heavy (non-hydrogen) atoms. The van der Waals surface area contributed by atoms with E-state index in [1.807, 2.05) is 0 Å². The fraction of sp³-hybridized carbons (Fsp3) is 0.391. The van der Waals surface area contributed by atoms with Crippen LogP contribution in [0.5, 0.6) is 5.75 Å². The quantitative estimate of drug-likeness (QED) is 0.218. The molecule has 2 aromatic rings. The maximum absolute atomic E-state index is 12.7. The van der Waals surface area contributed by atoms with E-state index in [9.17, 15) is 9.59 Å². The Balaban J connectivity index is 1.43. The number of pyridine rings is 1. The van der Waals surface area contributed by atoms with E-state index < -0.39 is 5.97 Å². The fourth-order valence-corrected chi connectivity index (χ4v) is 3.49. The highest BCUT2D eigenvalue weighted by Gasteiger charge is 2.29. The Morgan fingerprint density at radius 2 is 2.06 bits per heavy atom. The number of amides is 1. The molecule has 4 N–H and O–H groups in total. The molecule has 1 saturated carbocycles. The van der Waals surface area contributed by atoms with Gasteiger partial charge in [0.05, 0.1) is 32.6 Å². The third kappa shape index (κ3) is 6.21. The van der Waals surface area contributed by atoms with Gasteiger partial charge in [0.2, 0.25) is 5.91 Å². The molecule has 0 spiro atoms. The molecule has 11 heteroatoms. The number of rotatable bonds is 9. The number of hydrogen-bond donors (Lipinski definition) is 3. The second-order valence-electron chi connectivity index (χ2n) is 8.05. The number of nitrogens with one attached hydrogen (secondary N) is 2. The van der Waals surface area contributed by atoms with E-state index in [4.69, 9.17) is 20.0 Å². The third-order valence-corrected chi connectivity index (χ3v) is 5.41. The molecule has 0 radical (unpaired) electrons. The van der Waals surface area contributed by atoms with Crippen molar-refractivity contribution >= 4 is 34.9 Å². The van der Waals surface area contributed by atoms with Gasteiger partial charge in [0.1, 0.15) is 11.4 Å². The van der Waals surface area contributed by atoms with E-state index in [1.54, 1.807) is 36.5 Å². The largest absolute Gasteiger partial charge is 0.494 e. The van der Waals surface area contributed by atoms with Gasteiger partial charge >= 0.3 is 5.97 Å². The number of nitrogens with zero attached hydrogens (tertiary/aromatic N) is 3. The minimum absolute atomic E-state index is 0.0274. The number of oxime groups is 1. The number of ether oxygens (including phenoxy) is 2. The molecule has 1 aromatic heterocycles. The number of benzene rings is 1. The van der Waals surface area contributed by atoms with E-state index in [1.165, 1.54) is 7.11 Å². The van der Waals surface area contributed by atoms with Gasteiger partial charge < -0.3 is 30.7 Å². The smallest absolute Gasteiger partial charge is 0.369 e. The first-order valence-electron chi connectivity index (χ1n) is 11.1. The molecule has 1 amide bonds. The van der Waals surface area contributed by atoms with Crippen molar-refractivity contribution in [1.29, 1.82) is 0 Å². The highest BCUT2D eigenvalue weighted by atomic mass is 16.7. The van der Waals surface area contributed by atoms with Crippen LogP contribution in [0.4, 0.5) is 17.2 Å². The molecule has 11 nitrogen and oxygen atoms in total. The Hall–Kier alpha value is -3.70. The van der Waals surface area contributed by atoms with Gasteiger partial charge in [-0.2, -0.15) is 0 Å². The molecule has 2 heterocycles. The summed E-state index contributed by atoms with van der Waals surface area (Å²) in [5.74, 6) is 0.280. The van der Waals surface area contributed by atoms with Gasteiger partial charge in [0, 0.05) is 37.0 Å². The van der Waals surface area contributed by atoms with Gasteiger partial charge in [-0.25, -0.2) is 9.78 Å². The molecule has 1 saturated heterocycles. The van der Waals surface area contributed by atoms with Gasteiger partial charge in [0.15, 0.2) is 11.6 Å². The number of aromatic nitrogens is 1. The molecular weight excluding hydrogens is 440 g/mol. The van der Waals surface area contributed by atoms with E-state index in [-0.39, 0.29) is 29.0 Å². The summed E-state index contributed by atoms with van der Waals surface area (Å²) in [6.45, 7) is 3.14. The number of nitrogens with two attached hydrogens (primary N) is 1. The molecule has 2 aliphatic rings. The number of methoxy groups -OCH3 is 1. The summed E-state index contributed by atoms with van der Waals surface area (Å²) in [4.78, 5) is 36.0. The Labute approximate surface area is 197 Å². The minimum Gasteiger partial charge on any atom is -0.494 e. The number of carbonyl (C=O) groups is 2. The summed E-state index contributed by atoms with van der Waals surface area (Å²) in [5.41, 5.74) is 7.30. The minimum atomic E-state index is -0.697. The first kappa shape index (κ1) is 23.5. The third-order valence-electron chi connectivity index (χ3n) is 5.41. The van der Waals surface area contributed by atoms with Crippen LogP contribution in [0.25, 0.3) is 0 Å². The van der Waals surface area contributed by atoms with Crippen LogP contribution in [0.3, 0.4) is 0 Å². The van der Waals surface area contributed by atoms with Crippen molar-refractivity contribution < 1.29 is 23.9 Å². The number of carbonyl (C=O) groups excluding carboxylic acids is 2. The number of anilines is 3. The SMILES string of the molecule is COc1c(Nc2ccnc(NC(=O)C3CC3)c2)cccc1C(=O)O/N=C(\N)CN1CCOCC1. The van der Waals surface area contributed by atoms with Crippen LogP contribution in [0.1, 0.15) is 23.2 Å². The lowest BCUT2D eigenvalue weighted by Gasteiger charge is -2.25. The molecule has 0 bridgehead atoms. The molecule has 1 aliphatic carbocycles. The lowest BCUT2D eigenvalue weighted by atomic mass is 10.1. The van der Waals surface area contributed by atoms with Crippen LogP contribution in [0, 0.1) is 5.92 Å². The molecule has 0 atom stereocenters. The van der Waals surface area contributed by atoms with Gasteiger partial charge in [-0.1, -0.05) is 11.2 Å². The average molecular weight is 469 g/mol. The van der Waals surface area contributed by atoms with Gasteiger partial charge in [-0.05, 0) is 31.0 Å². The first-order valence-corrected chi connectivity index (χ1v) is 11.1. The second kappa shape index (κ2) is 10.9. The van der Waals surface area contributed by atoms with E-state index in [2.05, 4.69) is 25.7 Å². The summed E-state index contributed by atoms with van der Waals surface area (Å²) >= 11 is 0. The van der Waals surface area contributed by atoms with Crippen LogP contribution in [0.2, 0.25) is 0 Å². The van der Waals surface area contributed by atoms with Gasteiger partial charge in [0.25, 0.3) is 0 Å². The molecule has 1 aliphatic heterocycles. The Morgan fingerprint density at radius 3 is 2.79 bits per heavy atom. The van der Waals surface area contributed by atoms with Crippen molar-refractivity contribution in [2.45, 2.75) is 12.8 Å². The first-order chi connectivity index (χ1) is 16.5. The van der Waals surface area contributed by atoms with Crippen molar-refractivity contribution in [3.8, 4) is 5.75 Å². The lowest BCUT2D eigenvalue weighted by molar-refractivity contribution is -0.117. The molecular formula is C23H28N6O5. The van der Waals surface area contributed by atoms with Gasteiger partial charge in [-0.3, -0.25) is 9.69 Å². The van der Waals surface area contributed by atoms with Crippen molar-refractivity contribution in [3.63, 3.8) is 0 Å². The summed E-state index contributed by atoms with van der Waals surface area (Å²) < 4.78 is 10.8. The van der Waals surface area contributed by atoms with Crippen LogP contribution in [-0.4, -0.2) is 67.6 Å². The van der Waals surface area contributed by atoms with E-state index >= 15 is 0 Å². The van der Waals surface area contributed by atoms with Crippen molar-refractivity contribution in [2.24, 2.45) is 16.8 Å². The maximum Gasteiger partial charge on any atom is 0.369 e. The molecule has 2 fully saturated rings. The van der Waals surface area contributed by atoms with Crippen molar-refractivity contribution in [3.05, 3.63) is 42.1 Å². The summed E-state index contributed by atoms with van der Waals surface area (Å²) in [6, 6.07) is 8.48. The van der Waals surface area contributed by atoms with Crippen LogP contribution < -0.4 is 21.1 Å². The predicted octanol–water partition coefficient (Wildman–Crippen LogP) is 1.94. The Kier molecular flexibility index (Phi) is 7.55. The van der Waals surface area contributed by atoms with E-state index in [0.29, 0.717) is 37.0 Å². The Bertz CT molecular complexity index is 1070. The highest BCUT2D eigenvalue weighted by Crippen LogP contribution is 2.33. The number of para-hydroxylation sites is 1. The highest BCUT2D eigenvalue weighted by molar-refractivity contribution is 5.96. The fourth-order valence-electron chi connectivity index (χ4n) is 3.49. The average Bonchev–Trinajstić information content (AvgIpc) is 3.69. The zero-order chi connectivity index (χ0) is 23.9. The molecule has 4 rings (SSSR count). The van der Waals surface area contributed by atoms with Crippen molar-refractivity contribution in [1.82, 2.24) is 9.88 Å². The van der Waals surface area contributed by atoms with Crippen molar-refractivity contribution in [2.75, 3.05) is 50.6 Å². The Morgan fingerprint density at radius 1 is 1.26 bits per heavy atom. The number of amidine groups is 1. The monoisotopic (exact) mass is 468 g/mol. The number of morpholine rings is 1. The molecule has 1 aromatic carbocycles. The maximum atomic E-state index is 12.7. The van der Waals surface area contributed by atoms with E-state index in [0.717, 1.165) is 25.9 Å². The van der Waals surface area contributed by atoms with Gasteiger partial charge in [-0.15, -0.1) is 0 Å². The topological polar surface area (TPSA) is 140 Å². The predicted molar refractivity (Wildman–Crippen MR) is 126 cm³/mol. The summed E-state index contributed by atoms with van der Waals surface area (Å²) in [6.07, 6.45) is 3.40. The summed E-state index contributed by atoms with van der Waals surface area (Å²) in [7, 11) is 1.46. The zero-order valence-electron chi connectivity index (χ0n) is 19.0. The number of hydrogen-bond acceptors (Lipinski definition) is 9. The summed E-state index contributed by atoms with van der Waals surface area (Å²) in [5, 5.41) is 9.79. The lowest BCUT2D eigenvalue weighted by Crippen LogP contribution is -2.41. The van der Waals surface area contributed by atoms with Crippen LogP contribution >= 0.6 is 0 Å². The van der Waals surface area contributed by atoms with Crippen LogP contribution in [-0.2, 0) is 14.4 Å².